The maximum atomic E-state index is 5.89. The maximum absolute atomic E-state index is 5.89. The fourth-order valence-corrected chi connectivity index (χ4v) is 4.18. The summed E-state index contributed by atoms with van der Waals surface area (Å²) < 4.78 is 8.04. The Hall–Kier alpha value is -1.56. The fourth-order valence-electron chi connectivity index (χ4n) is 4.18. The highest BCUT2D eigenvalue weighted by Gasteiger charge is 2.41. The largest absolute Gasteiger partial charge is 0.373 e. The lowest BCUT2D eigenvalue weighted by Crippen LogP contribution is -2.47. The number of aliphatic imine (C=N–C) groups is 1. The Balaban J connectivity index is 1.29. The van der Waals surface area contributed by atoms with Crippen LogP contribution in [-0.4, -0.2) is 41.0 Å². The summed E-state index contributed by atoms with van der Waals surface area (Å²) in [6.07, 6.45) is 11.6. The van der Waals surface area contributed by atoms with E-state index in [-0.39, 0.29) is 0 Å². The van der Waals surface area contributed by atoms with Crippen LogP contribution in [-0.2, 0) is 11.3 Å². The average molecular weight is 317 g/mol. The molecule has 1 aliphatic carbocycles. The van der Waals surface area contributed by atoms with E-state index in [0.29, 0.717) is 30.8 Å². The van der Waals surface area contributed by atoms with Crippen LogP contribution >= 0.6 is 0 Å². The first-order valence-corrected chi connectivity index (χ1v) is 8.98. The number of ether oxygens (including phenoxy) is 1. The average Bonchev–Trinajstić information content (AvgIpc) is 3.35. The zero-order valence-corrected chi connectivity index (χ0v) is 13.9. The fraction of sp³-hybridized carbons (Fsp3) is 0.765. The van der Waals surface area contributed by atoms with Gasteiger partial charge in [0.05, 0.1) is 36.5 Å². The second-order valence-electron chi connectivity index (χ2n) is 7.01. The molecule has 1 aromatic heterocycles. The lowest BCUT2D eigenvalue weighted by Gasteiger charge is -2.22. The molecule has 0 amide bonds. The van der Waals surface area contributed by atoms with Crippen molar-refractivity contribution in [2.45, 2.75) is 75.8 Å². The normalized spacial score (nSPS) is 31.0. The van der Waals surface area contributed by atoms with Crippen LogP contribution in [0.15, 0.2) is 17.3 Å². The van der Waals surface area contributed by atoms with E-state index in [0.717, 1.165) is 18.1 Å². The molecule has 3 fully saturated rings. The van der Waals surface area contributed by atoms with Gasteiger partial charge < -0.3 is 15.4 Å². The number of aromatic nitrogens is 2. The summed E-state index contributed by atoms with van der Waals surface area (Å²) in [5.41, 5.74) is 1.07. The minimum absolute atomic E-state index is 0.361. The third kappa shape index (κ3) is 3.22. The molecule has 1 aromatic rings. The van der Waals surface area contributed by atoms with E-state index >= 15 is 0 Å². The molecule has 0 aromatic carbocycles. The van der Waals surface area contributed by atoms with Crippen molar-refractivity contribution in [2.75, 3.05) is 7.05 Å². The quantitative estimate of drug-likeness (QED) is 0.658. The van der Waals surface area contributed by atoms with Gasteiger partial charge in [-0.3, -0.25) is 9.67 Å². The number of nitrogens with one attached hydrogen (secondary N) is 2. The molecule has 3 aliphatic rings. The van der Waals surface area contributed by atoms with Crippen molar-refractivity contribution >= 4 is 5.96 Å². The highest BCUT2D eigenvalue weighted by Crippen LogP contribution is 2.34. The summed E-state index contributed by atoms with van der Waals surface area (Å²) in [6.45, 7) is 0.709. The molecule has 2 N–H and O–H groups in total. The highest BCUT2D eigenvalue weighted by molar-refractivity contribution is 5.80. The van der Waals surface area contributed by atoms with Crippen molar-refractivity contribution in [3.63, 3.8) is 0 Å². The summed E-state index contributed by atoms with van der Waals surface area (Å²) >= 11 is 0. The SMILES string of the molecule is CN=C(NCc1ccn(C2CCCC2)n1)NC1CC2CCC1O2. The number of hydrogen-bond acceptors (Lipinski definition) is 3. The molecule has 3 heterocycles. The Morgan fingerprint density at radius 1 is 1.35 bits per heavy atom. The second kappa shape index (κ2) is 6.51. The van der Waals surface area contributed by atoms with Gasteiger partial charge in [-0.1, -0.05) is 12.8 Å². The molecule has 2 bridgehead atoms. The minimum atomic E-state index is 0.361. The Kier molecular flexibility index (Phi) is 4.25. The molecule has 2 aliphatic heterocycles. The minimum Gasteiger partial charge on any atom is -0.373 e. The monoisotopic (exact) mass is 317 g/mol. The van der Waals surface area contributed by atoms with Gasteiger partial charge >= 0.3 is 0 Å². The van der Waals surface area contributed by atoms with Crippen molar-refractivity contribution in [3.8, 4) is 0 Å². The summed E-state index contributed by atoms with van der Waals surface area (Å²) in [5.74, 6) is 0.849. The van der Waals surface area contributed by atoms with Crippen LogP contribution in [0, 0.1) is 0 Å². The molecule has 23 heavy (non-hydrogen) atoms. The maximum Gasteiger partial charge on any atom is 0.191 e. The van der Waals surface area contributed by atoms with Crippen LogP contribution in [0.5, 0.6) is 0 Å². The van der Waals surface area contributed by atoms with Crippen molar-refractivity contribution in [2.24, 2.45) is 4.99 Å². The van der Waals surface area contributed by atoms with E-state index in [1.54, 1.807) is 0 Å². The van der Waals surface area contributed by atoms with E-state index < -0.39 is 0 Å². The summed E-state index contributed by atoms with van der Waals surface area (Å²) in [6, 6.07) is 3.11. The topological polar surface area (TPSA) is 63.5 Å². The molecule has 126 valence electrons. The van der Waals surface area contributed by atoms with E-state index in [2.05, 4.69) is 32.6 Å². The molecular formula is C17H27N5O. The molecule has 6 nitrogen and oxygen atoms in total. The molecule has 1 saturated carbocycles. The number of nitrogens with zero attached hydrogens (tertiary/aromatic N) is 3. The number of rotatable bonds is 4. The number of guanidine groups is 1. The van der Waals surface area contributed by atoms with E-state index in [1.807, 2.05) is 7.05 Å². The van der Waals surface area contributed by atoms with Crippen LogP contribution < -0.4 is 10.6 Å². The zero-order chi connectivity index (χ0) is 15.6. The first kappa shape index (κ1) is 15.0. The first-order valence-electron chi connectivity index (χ1n) is 8.98. The van der Waals surface area contributed by atoms with Gasteiger partial charge in [0, 0.05) is 13.2 Å². The van der Waals surface area contributed by atoms with Crippen LogP contribution in [0.3, 0.4) is 0 Å². The zero-order valence-electron chi connectivity index (χ0n) is 13.9. The van der Waals surface area contributed by atoms with Crippen molar-refractivity contribution in [3.05, 3.63) is 18.0 Å². The van der Waals surface area contributed by atoms with Gasteiger partial charge in [0.25, 0.3) is 0 Å². The predicted octanol–water partition coefficient (Wildman–Crippen LogP) is 1.98. The van der Waals surface area contributed by atoms with Crippen LogP contribution in [0.1, 0.15) is 56.7 Å². The molecule has 4 rings (SSSR count). The van der Waals surface area contributed by atoms with Gasteiger partial charge in [-0.05, 0) is 38.2 Å². The van der Waals surface area contributed by atoms with Crippen LogP contribution in [0.25, 0.3) is 0 Å². The predicted molar refractivity (Wildman–Crippen MR) is 89.4 cm³/mol. The molecule has 2 saturated heterocycles. The van der Waals surface area contributed by atoms with Crippen LogP contribution in [0.4, 0.5) is 0 Å². The number of hydrogen-bond donors (Lipinski definition) is 2. The summed E-state index contributed by atoms with van der Waals surface area (Å²) in [4.78, 5) is 4.34. The summed E-state index contributed by atoms with van der Waals surface area (Å²) in [5, 5.41) is 11.6. The molecule has 3 unspecified atom stereocenters. The first-order chi connectivity index (χ1) is 11.3. The molecule has 3 atom stereocenters. The lowest BCUT2D eigenvalue weighted by atomic mass is 9.96. The van der Waals surface area contributed by atoms with Gasteiger partial charge in [-0.25, -0.2) is 0 Å². The summed E-state index contributed by atoms with van der Waals surface area (Å²) in [7, 11) is 1.82. The second-order valence-corrected chi connectivity index (χ2v) is 7.01. The van der Waals surface area contributed by atoms with Gasteiger partial charge in [0.2, 0.25) is 0 Å². The van der Waals surface area contributed by atoms with Crippen molar-refractivity contribution in [1.82, 2.24) is 20.4 Å². The molecular weight excluding hydrogens is 290 g/mol. The van der Waals surface area contributed by atoms with Gasteiger partial charge in [-0.2, -0.15) is 5.10 Å². The van der Waals surface area contributed by atoms with Gasteiger partial charge in [0.1, 0.15) is 0 Å². The van der Waals surface area contributed by atoms with E-state index in [1.165, 1.54) is 38.5 Å². The lowest BCUT2D eigenvalue weighted by molar-refractivity contribution is 0.0992. The Labute approximate surface area is 137 Å². The van der Waals surface area contributed by atoms with Crippen LogP contribution in [0.2, 0.25) is 0 Å². The van der Waals surface area contributed by atoms with E-state index in [4.69, 9.17) is 9.84 Å². The van der Waals surface area contributed by atoms with Gasteiger partial charge in [-0.15, -0.1) is 0 Å². The smallest absolute Gasteiger partial charge is 0.191 e. The van der Waals surface area contributed by atoms with Crippen molar-refractivity contribution in [1.29, 1.82) is 0 Å². The Bertz CT molecular complexity index is 563. The molecule has 6 heteroatoms. The standard InChI is InChI=1S/C17H27N5O/c1-18-17(20-15-10-14-6-7-16(15)23-14)19-11-12-8-9-22(21-12)13-4-2-3-5-13/h8-9,13-16H,2-7,10-11H2,1H3,(H2,18,19,20). The molecule has 0 radical (unpaired) electrons. The number of fused-ring (bicyclic) bond motifs is 2. The third-order valence-corrected chi connectivity index (χ3v) is 5.45. The Morgan fingerprint density at radius 2 is 2.22 bits per heavy atom. The highest BCUT2D eigenvalue weighted by atomic mass is 16.5. The Morgan fingerprint density at radius 3 is 2.91 bits per heavy atom. The van der Waals surface area contributed by atoms with Gasteiger partial charge in [0.15, 0.2) is 5.96 Å². The molecule has 0 spiro atoms. The third-order valence-electron chi connectivity index (χ3n) is 5.45. The van der Waals surface area contributed by atoms with E-state index in [9.17, 15) is 0 Å². The van der Waals surface area contributed by atoms with Crippen molar-refractivity contribution < 1.29 is 4.74 Å².